The van der Waals surface area contributed by atoms with E-state index in [1.165, 1.54) is 64.2 Å². The molecule has 0 bridgehead atoms. The molecule has 0 aromatic rings. The molecular weight excluding hydrogens is 204 g/mol. The monoisotopic (exact) mass is 230 g/mol. The average Bonchev–Trinajstić information content (AvgIpc) is 2.76. The van der Waals surface area contributed by atoms with E-state index in [1.54, 1.807) is 0 Å². The molecule has 1 atom stereocenters. The van der Waals surface area contributed by atoms with E-state index in [4.69, 9.17) is 0 Å². The second-order valence-corrected chi connectivity index (χ2v) is 6.60. The van der Waals surface area contributed by atoms with Crippen LogP contribution < -0.4 is 0 Å². The molecule has 1 aliphatic rings. The summed E-state index contributed by atoms with van der Waals surface area (Å²) >= 11 is 0. The Balaban J connectivity index is 1.92. The standard InChI is InChI=1S/C13H26OS/c1-2-3-4-5-6-9-12-15(14)13-10-7-8-11-13/h13H,2-12H2,1H3. The van der Waals surface area contributed by atoms with Gasteiger partial charge in [-0.1, -0.05) is 51.9 Å². The summed E-state index contributed by atoms with van der Waals surface area (Å²) in [4.78, 5) is 0. The van der Waals surface area contributed by atoms with Gasteiger partial charge in [-0.15, -0.1) is 0 Å². The van der Waals surface area contributed by atoms with E-state index in [0.29, 0.717) is 5.25 Å². The Morgan fingerprint density at radius 1 is 1.00 bits per heavy atom. The minimum absolute atomic E-state index is 0.503. The van der Waals surface area contributed by atoms with Crippen LogP contribution in [0.25, 0.3) is 0 Å². The molecule has 1 unspecified atom stereocenters. The van der Waals surface area contributed by atoms with Crippen LogP contribution in [0.3, 0.4) is 0 Å². The highest BCUT2D eigenvalue weighted by molar-refractivity contribution is 7.85. The SMILES string of the molecule is CCCCCCCCS(=O)C1CCCC1. The first kappa shape index (κ1) is 13.2. The van der Waals surface area contributed by atoms with E-state index in [0.717, 1.165) is 5.75 Å². The summed E-state index contributed by atoms with van der Waals surface area (Å²) in [7, 11) is -0.503. The Morgan fingerprint density at radius 2 is 1.60 bits per heavy atom. The van der Waals surface area contributed by atoms with Crippen molar-refractivity contribution in [1.29, 1.82) is 0 Å². The van der Waals surface area contributed by atoms with Crippen molar-refractivity contribution in [2.24, 2.45) is 0 Å². The maximum Gasteiger partial charge on any atom is 0.0348 e. The van der Waals surface area contributed by atoms with Crippen molar-refractivity contribution in [3.63, 3.8) is 0 Å². The molecule has 1 nitrogen and oxygen atoms in total. The summed E-state index contributed by atoms with van der Waals surface area (Å²) in [5.74, 6) is 0.969. The summed E-state index contributed by atoms with van der Waals surface area (Å²) in [6.45, 7) is 2.25. The molecule has 0 aromatic heterocycles. The van der Waals surface area contributed by atoms with Crippen molar-refractivity contribution in [3.8, 4) is 0 Å². The Bertz CT molecular complexity index is 173. The molecule has 1 fully saturated rings. The van der Waals surface area contributed by atoms with Crippen LogP contribution in [0.1, 0.15) is 71.1 Å². The van der Waals surface area contributed by atoms with E-state index in [2.05, 4.69) is 6.92 Å². The molecule has 2 heteroatoms. The van der Waals surface area contributed by atoms with Crippen LogP contribution in [-0.4, -0.2) is 15.2 Å². The molecule has 0 radical (unpaired) electrons. The van der Waals surface area contributed by atoms with Crippen LogP contribution in [0.5, 0.6) is 0 Å². The maximum absolute atomic E-state index is 11.8. The third-order valence-electron chi connectivity index (χ3n) is 3.37. The van der Waals surface area contributed by atoms with Gasteiger partial charge in [-0.3, -0.25) is 4.21 Å². The van der Waals surface area contributed by atoms with Gasteiger partial charge in [0.1, 0.15) is 0 Å². The molecule has 15 heavy (non-hydrogen) atoms. The smallest absolute Gasteiger partial charge is 0.0348 e. The van der Waals surface area contributed by atoms with Crippen molar-refractivity contribution in [1.82, 2.24) is 0 Å². The van der Waals surface area contributed by atoms with Crippen molar-refractivity contribution < 1.29 is 4.21 Å². The van der Waals surface area contributed by atoms with E-state index < -0.39 is 10.8 Å². The fraction of sp³-hybridized carbons (Fsp3) is 1.00. The predicted molar refractivity (Wildman–Crippen MR) is 68.6 cm³/mol. The second-order valence-electron chi connectivity index (χ2n) is 4.76. The zero-order valence-corrected chi connectivity index (χ0v) is 11.0. The highest BCUT2D eigenvalue weighted by atomic mass is 32.2. The quantitative estimate of drug-likeness (QED) is 0.575. The van der Waals surface area contributed by atoms with Crippen molar-refractivity contribution in [2.45, 2.75) is 76.4 Å². The van der Waals surface area contributed by atoms with Gasteiger partial charge in [0.15, 0.2) is 0 Å². The molecule has 90 valence electrons. The second kappa shape index (κ2) is 8.32. The van der Waals surface area contributed by atoms with Gasteiger partial charge in [0.05, 0.1) is 0 Å². The van der Waals surface area contributed by atoms with E-state index in [1.807, 2.05) is 0 Å². The van der Waals surface area contributed by atoms with Crippen molar-refractivity contribution in [2.75, 3.05) is 5.75 Å². The molecule has 1 aliphatic carbocycles. The molecule has 0 spiro atoms. The molecule has 1 saturated carbocycles. The van der Waals surface area contributed by atoms with Gasteiger partial charge >= 0.3 is 0 Å². The number of hydrogen-bond acceptors (Lipinski definition) is 1. The first-order valence-corrected chi connectivity index (χ1v) is 8.10. The van der Waals surface area contributed by atoms with Crippen molar-refractivity contribution >= 4 is 10.8 Å². The summed E-state index contributed by atoms with van der Waals surface area (Å²) in [5.41, 5.74) is 0. The molecule has 0 amide bonds. The van der Waals surface area contributed by atoms with E-state index >= 15 is 0 Å². The molecule has 0 aromatic carbocycles. The molecular formula is C13H26OS. The first-order valence-electron chi connectivity index (χ1n) is 6.71. The summed E-state index contributed by atoms with van der Waals surface area (Å²) < 4.78 is 11.8. The van der Waals surface area contributed by atoms with E-state index in [-0.39, 0.29) is 0 Å². The Morgan fingerprint density at radius 3 is 2.27 bits per heavy atom. The average molecular weight is 230 g/mol. The minimum Gasteiger partial charge on any atom is -0.259 e. The third-order valence-corrected chi connectivity index (χ3v) is 5.28. The number of hydrogen-bond donors (Lipinski definition) is 0. The normalized spacial score (nSPS) is 19.5. The predicted octanol–water partition coefficient (Wildman–Crippen LogP) is 4.04. The van der Waals surface area contributed by atoms with Gasteiger partial charge in [0, 0.05) is 21.8 Å². The lowest BCUT2D eigenvalue weighted by Crippen LogP contribution is -2.13. The topological polar surface area (TPSA) is 17.1 Å². The fourth-order valence-electron chi connectivity index (χ4n) is 2.34. The summed E-state index contributed by atoms with van der Waals surface area (Å²) in [5, 5.41) is 0.556. The molecule has 0 N–H and O–H groups in total. The van der Waals surface area contributed by atoms with Gasteiger partial charge in [-0.05, 0) is 19.3 Å². The zero-order valence-electron chi connectivity index (χ0n) is 10.2. The molecule has 0 heterocycles. The van der Waals surface area contributed by atoms with Crippen molar-refractivity contribution in [3.05, 3.63) is 0 Å². The van der Waals surface area contributed by atoms with Crippen LogP contribution in [0.4, 0.5) is 0 Å². The molecule has 1 rings (SSSR count). The lowest BCUT2D eigenvalue weighted by molar-refractivity contribution is 0.619. The van der Waals surface area contributed by atoms with Gasteiger partial charge in [-0.2, -0.15) is 0 Å². The van der Waals surface area contributed by atoms with Crippen LogP contribution in [0.2, 0.25) is 0 Å². The Labute approximate surface area is 97.5 Å². The van der Waals surface area contributed by atoms with Gasteiger partial charge in [0.2, 0.25) is 0 Å². The van der Waals surface area contributed by atoms with Gasteiger partial charge < -0.3 is 0 Å². The van der Waals surface area contributed by atoms with Crippen LogP contribution in [0.15, 0.2) is 0 Å². The van der Waals surface area contributed by atoms with Crippen LogP contribution in [-0.2, 0) is 10.8 Å². The minimum atomic E-state index is -0.503. The number of rotatable bonds is 8. The van der Waals surface area contributed by atoms with Crippen LogP contribution in [0, 0.1) is 0 Å². The Hall–Kier alpha value is 0.150. The number of unbranched alkanes of at least 4 members (excludes halogenated alkanes) is 5. The summed E-state index contributed by atoms with van der Waals surface area (Å²) in [6, 6.07) is 0. The molecule has 0 aliphatic heterocycles. The Kier molecular flexibility index (Phi) is 7.33. The summed E-state index contributed by atoms with van der Waals surface area (Å²) in [6.07, 6.45) is 12.9. The zero-order chi connectivity index (χ0) is 10.9. The van der Waals surface area contributed by atoms with Gasteiger partial charge in [0.25, 0.3) is 0 Å². The van der Waals surface area contributed by atoms with Gasteiger partial charge in [-0.25, -0.2) is 0 Å². The third kappa shape index (κ3) is 5.70. The molecule has 0 saturated heterocycles. The fourth-order valence-corrected chi connectivity index (χ4v) is 4.02. The lowest BCUT2D eigenvalue weighted by Gasteiger charge is -2.08. The lowest BCUT2D eigenvalue weighted by atomic mass is 10.1. The highest BCUT2D eigenvalue weighted by Crippen LogP contribution is 2.23. The largest absolute Gasteiger partial charge is 0.259 e. The van der Waals surface area contributed by atoms with E-state index in [9.17, 15) is 4.21 Å². The first-order chi connectivity index (χ1) is 7.34. The highest BCUT2D eigenvalue weighted by Gasteiger charge is 2.20. The maximum atomic E-state index is 11.8. The van der Waals surface area contributed by atoms with Crippen LogP contribution >= 0.6 is 0 Å².